The number of nitrogens with one attached hydrogen (secondary N) is 1. The molecule has 1 aliphatic rings. The Kier molecular flexibility index (Phi) is 3.19. The first-order chi connectivity index (χ1) is 8.42. The smallest absolute Gasteiger partial charge is 0.326 e. The summed E-state index contributed by atoms with van der Waals surface area (Å²) in [6.45, 7) is 6.36. The number of likely N-dealkylation sites (N-methyl/N-ethyl adjacent to an activating group) is 1. The van der Waals surface area contributed by atoms with Gasteiger partial charge in [0.25, 0.3) is 0 Å². The average Bonchev–Trinajstić information content (AvgIpc) is 3.13. The van der Waals surface area contributed by atoms with Crippen LogP contribution in [0.3, 0.4) is 0 Å². The van der Waals surface area contributed by atoms with Crippen LogP contribution in [0.2, 0.25) is 0 Å². The second-order valence-corrected chi connectivity index (χ2v) is 5.25. The van der Waals surface area contributed by atoms with Crippen molar-refractivity contribution in [1.29, 1.82) is 0 Å². The standard InChI is InChI=1S/C13H21N3O2/c1-8-9(2)15-16(10(8)3)7-13(14-4,12(17)18)11-5-6-11/h11,14H,5-7H2,1-4H3,(H,17,18). The van der Waals surface area contributed by atoms with Crippen molar-refractivity contribution in [3.8, 4) is 0 Å². The molecule has 1 aromatic rings. The predicted octanol–water partition coefficient (Wildman–Crippen LogP) is 1.26. The van der Waals surface area contributed by atoms with Crippen molar-refractivity contribution in [2.45, 2.75) is 45.7 Å². The number of aliphatic carboxylic acids is 1. The van der Waals surface area contributed by atoms with Gasteiger partial charge in [0.1, 0.15) is 5.54 Å². The van der Waals surface area contributed by atoms with Gasteiger partial charge in [-0.1, -0.05) is 0 Å². The maximum Gasteiger partial charge on any atom is 0.326 e. The molecule has 100 valence electrons. The molecule has 0 saturated heterocycles. The minimum absolute atomic E-state index is 0.212. The van der Waals surface area contributed by atoms with Gasteiger partial charge >= 0.3 is 5.97 Å². The molecule has 1 aromatic heterocycles. The lowest BCUT2D eigenvalue weighted by Gasteiger charge is -2.29. The van der Waals surface area contributed by atoms with Crippen LogP contribution in [0.25, 0.3) is 0 Å². The third kappa shape index (κ3) is 1.92. The minimum atomic E-state index is -0.879. The van der Waals surface area contributed by atoms with E-state index in [1.54, 1.807) is 7.05 Å². The minimum Gasteiger partial charge on any atom is -0.480 e. The predicted molar refractivity (Wildman–Crippen MR) is 68.6 cm³/mol. The van der Waals surface area contributed by atoms with Gasteiger partial charge in [-0.2, -0.15) is 5.10 Å². The molecule has 1 aliphatic carbocycles. The van der Waals surface area contributed by atoms with E-state index in [2.05, 4.69) is 10.4 Å². The molecule has 1 fully saturated rings. The van der Waals surface area contributed by atoms with Crippen LogP contribution in [0.1, 0.15) is 29.8 Å². The van der Waals surface area contributed by atoms with Crippen molar-refractivity contribution in [1.82, 2.24) is 15.1 Å². The summed E-state index contributed by atoms with van der Waals surface area (Å²) < 4.78 is 1.83. The summed E-state index contributed by atoms with van der Waals surface area (Å²) in [7, 11) is 1.73. The monoisotopic (exact) mass is 251 g/mol. The first-order valence-electron chi connectivity index (χ1n) is 6.35. The van der Waals surface area contributed by atoms with Gasteiger partial charge in [0.05, 0.1) is 12.2 Å². The number of hydrogen-bond acceptors (Lipinski definition) is 3. The molecule has 0 amide bonds. The summed E-state index contributed by atoms with van der Waals surface area (Å²) in [6.07, 6.45) is 1.96. The topological polar surface area (TPSA) is 67.2 Å². The van der Waals surface area contributed by atoms with Crippen molar-refractivity contribution in [3.63, 3.8) is 0 Å². The van der Waals surface area contributed by atoms with Crippen LogP contribution in [-0.4, -0.2) is 33.4 Å². The molecule has 1 heterocycles. The van der Waals surface area contributed by atoms with Crippen LogP contribution in [0.5, 0.6) is 0 Å². The lowest BCUT2D eigenvalue weighted by Crippen LogP contribution is -2.55. The number of carboxylic acids is 1. The molecule has 18 heavy (non-hydrogen) atoms. The Labute approximate surface area is 107 Å². The summed E-state index contributed by atoms with van der Waals surface area (Å²) in [4.78, 5) is 11.6. The van der Waals surface area contributed by atoms with E-state index >= 15 is 0 Å². The van der Waals surface area contributed by atoms with Crippen LogP contribution >= 0.6 is 0 Å². The van der Waals surface area contributed by atoms with E-state index in [-0.39, 0.29) is 5.92 Å². The summed E-state index contributed by atoms with van der Waals surface area (Å²) >= 11 is 0. The summed E-state index contributed by atoms with van der Waals surface area (Å²) in [5.74, 6) is -0.568. The Morgan fingerprint density at radius 2 is 2.11 bits per heavy atom. The maximum absolute atomic E-state index is 11.6. The second kappa shape index (κ2) is 4.39. The van der Waals surface area contributed by atoms with Crippen LogP contribution in [0, 0.1) is 26.7 Å². The van der Waals surface area contributed by atoms with Gasteiger partial charge < -0.3 is 10.4 Å². The number of rotatable bonds is 5. The molecule has 1 atom stereocenters. The highest BCUT2D eigenvalue weighted by atomic mass is 16.4. The fraction of sp³-hybridized carbons (Fsp3) is 0.692. The first-order valence-corrected chi connectivity index (χ1v) is 6.35. The highest BCUT2D eigenvalue weighted by Crippen LogP contribution is 2.41. The molecule has 0 aliphatic heterocycles. The molecule has 0 aromatic carbocycles. The second-order valence-electron chi connectivity index (χ2n) is 5.25. The number of aryl methyl sites for hydroxylation is 1. The molecule has 1 saturated carbocycles. The van der Waals surface area contributed by atoms with Crippen LogP contribution < -0.4 is 5.32 Å². The first kappa shape index (κ1) is 13.1. The molecule has 0 radical (unpaired) electrons. The van der Waals surface area contributed by atoms with E-state index in [4.69, 9.17) is 0 Å². The van der Waals surface area contributed by atoms with Gasteiger partial charge in [-0.05, 0) is 52.1 Å². The zero-order valence-corrected chi connectivity index (χ0v) is 11.4. The molecule has 0 bridgehead atoms. The Balaban J connectivity index is 2.34. The number of carbonyl (C=O) groups is 1. The summed E-state index contributed by atoms with van der Waals surface area (Å²) in [5.41, 5.74) is 2.28. The number of carboxylic acid groups (broad SMARTS) is 1. The quantitative estimate of drug-likeness (QED) is 0.827. The molecular formula is C13H21N3O2. The molecular weight excluding hydrogens is 230 g/mol. The van der Waals surface area contributed by atoms with E-state index in [9.17, 15) is 9.90 Å². The van der Waals surface area contributed by atoms with Gasteiger partial charge in [0.2, 0.25) is 0 Å². The van der Waals surface area contributed by atoms with Crippen LogP contribution in [0.15, 0.2) is 0 Å². The van der Waals surface area contributed by atoms with E-state index < -0.39 is 11.5 Å². The van der Waals surface area contributed by atoms with Crippen molar-refractivity contribution in [2.75, 3.05) is 7.05 Å². The van der Waals surface area contributed by atoms with Gasteiger partial charge in [-0.3, -0.25) is 9.48 Å². The number of aromatic nitrogens is 2. The summed E-state index contributed by atoms with van der Waals surface area (Å²) in [5, 5.41) is 17.0. The Morgan fingerprint density at radius 1 is 1.50 bits per heavy atom. The zero-order valence-electron chi connectivity index (χ0n) is 11.4. The Bertz CT molecular complexity index is 477. The normalized spacial score (nSPS) is 18.7. The third-order valence-corrected chi connectivity index (χ3v) is 4.24. The molecule has 5 nitrogen and oxygen atoms in total. The van der Waals surface area contributed by atoms with E-state index in [0.29, 0.717) is 6.54 Å². The average molecular weight is 251 g/mol. The highest BCUT2D eigenvalue weighted by Gasteiger charge is 2.51. The molecule has 1 unspecified atom stereocenters. The zero-order chi connectivity index (χ0) is 13.5. The van der Waals surface area contributed by atoms with Gasteiger partial charge in [0, 0.05) is 5.69 Å². The molecule has 0 spiro atoms. The summed E-state index contributed by atoms with van der Waals surface area (Å²) in [6, 6.07) is 0. The van der Waals surface area contributed by atoms with Crippen molar-refractivity contribution in [3.05, 3.63) is 17.0 Å². The number of hydrogen-bond donors (Lipinski definition) is 2. The molecule has 2 rings (SSSR count). The Morgan fingerprint density at radius 3 is 2.44 bits per heavy atom. The molecule has 5 heteroatoms. The third-order valence-electron chi connectivity index (χ3n) is 4.24. The van der Waals surface area contributed by atoms with Gasteiger partial charge in [-0.15, -0.1) is 0 Å². The fourth-order valence-corrected chi connectivity index (χ4v) is 2.51. The van der Waals surface area contributed by atoms with Crippen LogP contribution in [0.4, 0.5) is 0 Å². The lowest BCUT2D eigenvalue weighted by molar-refractivity contribution is -0.146. The van der Waals surface area contributed by atoms with Crippen molar-refractivity contribution < 1.29 is 9.90 Å². The van der Waals surface area contributed by atoms with Gasteiger partial charge in [-0.25, -0.2) is 0 Å². The number of nitrogens with zero attached hydrogens (tertiary/aromatic N) is 2. The lowest BCUT2D eigenvalue weighted by atomic mass is 9.93. The fourth-order valence-electron chi connectivity index (χ4n) is 2.51. The molecule has 2 N–H and O–H groups in total. The van der Waals surface area contributed by atoms with Crippen LogP contribution in [-0.2, 0) is 11.3 Å². The Hall–Kier alpha value is -1.36. The van der Waals surface area contributed by atoms with Crippen molar-refractivity contribution >= 4 is 5.97 Å². The van der Waals surface area contributed by atoms with Crippen molar-refractivity contribution in [2.24, 2.45) is 5.92 Å². The van der Waals surface area contributed by atoms with E-state index in [0.717, 1.165) is 29.8 Å². The maximum atomic E-state index is 11.6. The SMILES string of the molecule is CNC(Cn1nc(C)c(C)c1C)(C(=O)O)C1CC1. The van der Waals surface area contributed by atoms with E-state index in [1.165, 1.54) is 0 Å². The van der Waals surface area contributed by atoms with Gasteiger partial charge in [0.15, 0.2) is 0 Å². The highest BCUT2D eigenvalue weighted by molar-refractivity contribution is 5.79. The van der Waals surface area contributed by atoms with E-state index in [1.807, 2.05) is 25.5 Å². The largest absolute Gasteiger partial charge is 0.480 e.